The van der Waals surface area contributed by atoms with Crippen LogP contribution in [0.25, 0.3) is 0 Å². The number of halogens is 1. The highest BCUT2D eigenvalue weighted by atomic mass is 127. The number of nitrogens with two attached hydrogens (primary N) is 1. The molecule has 1 aromatic carbocycles. The van der Waals surface area contributed by atoms with Crippen LogP contribution in [0.3, 0.4) is 0 Å². The second-order valence-electron chi connectivity index (χ2n) is 3.79. The van der Waals surface area contributed by atoms with Gasteiger partial charge in [0.05, 0.1) is 15.8 Å². The van der Waals surface area contributed by atoms with Crippen molar-refractivity contribution < 1.29 is 0 Å². The normalized spacial score (nSPS) is 10.8. The van der Waals surface area contributed by atoms with Crippen LogP contribution in [0.2, 0.25) is 0 Å². The van der Waals surface area contributed by atoms with E-state index in [0.717, 1.165) is 21.6 Å². The first-order valence-electron chi connectivity index (χ1n) is 5.23. The molecule has 17 heavy (non-hydrogen) atoms. The number of hydrogen-bond donors (Lipinski definition) is 1. The summed E-state index contributed by atoms with van der Waals surface area (Å²) < 4.78 is 2.90. The number of nitrogens with zero attached hydrogens (tertiary/aromatic N) is 2. The molecule has 0 saturated carbocycles. The van der Waals surface area contributed by atoms with E-state index in [0.29, 0.717) is 0 Å². The van der Waals surface area contributed by atoms with Gasteiger partial charge < -0.3 is 5.73 Å². The van der Waals surface area contributed by atoms with E-state index in [4.69, 9.17) is 5.73 Å². The quantitative estimate of drug-likeness (QED) is 0.676. The van der Waals surface area contributed by atoms with Crippen molar-refractivity contribution in [2.45, 2.75) is 18.4 Å². The van der Waals surface area contributed by atoms with Crippen LogP contribution in [0.15, 0.2) is 29.2 Å². The average Bonchev–Trinajstić information content (AvgIpc) is 2.58. The third-order valence-corrected chi connectivity index (χ3v) is 4.66. The molecule has 1 heterocycles. The Morgan fingerprint density at radius 2 is 2.00 bits per heavy atom. The van der Waals surface area contributed by atoms with Crippen molar-refractivity contribution in [1.29, 1.82) is 0 Å². The van der Waals surface area contributed by atoms with E-state index in [1.54, 1.807) is 11.8 Å². The fraction of sp³-hybridized carbons (Fsp3) is 0.250. The highest BCUT2D eigenvalue weighted by molar-refractivity contribution is 14.1. The fourth-order valence-electron chi connectivity index (χ4n) is 1.60. The first-order valence-corrected chi connectivity index (χ1v) is 7.53. The van der Waals surface area contributed by atoms with Gasteiger partial charge in [-0.1, -0.05) is 12.1 Å². The highest BCUT2D eigenvalue weighted by Crippen LogP contribution is 2.20. The first-order chi connectivity index (χ1) is 8.11. The van der Waals surface area contributed by atoms with Crippen molar-refractivity contribution in [2.24, 2.45) is 0 Å². The molecule has 0 atom stereocenters. The summed E-state index contributed by atoms with van der Waals surface area (Å²) in [6, 6.07) is 8.49. The molecule has 0 unspecified atom stereocenters. The van der Waals surface area contributed by atoms with Gasteiger partial charge in [0.25, 0.3) is 0 Å². The van der Waals surface area contributed by atoms with E-state index in [1.165, 1.54) is 10.5 Å². The van der Waals surface area contributed by atoms with Gasteiger partial charge in [-0.2, -0.15) is 5.10 Å². The Bertz CT molecular complexity index is 519. The maximum atomic E-state index is 6.00. The predicted molar refractivity (Wildman–Crippen MR) is 81.4 cm³/mol. The number of benzene rings is 1. The van der Waals surface area contributed by atoms with Gasteiger partial charge in [-0.05, 0) is 53.5 Å². The summed E-state index contributed by atoms with van der Waals surface area (Å²) in [7, 11) is 0. The molecule has 0 radical (unpaired) electrons. The summed E-state index contributed by atoms with van der Waals surface area (Å²) in [5.74, 6) is 0.747. The molecule has 2 rings (SSSR count). The van der Waals surface area contributed by atoms with Crippen LogP contribution in [0.1, 0.15) is 11.3 Å². The standard InChI is InChI=1S/C12H14IN3S/c1-8-11(13)12(14)16(15-8)7-9-3-5-10(17-2)6-4-9/h3-6H,7,14H2,1-2H3. The third kappa shape index (κ3) is 2.77. The van der Waals surface area contributed by atoms with Gasteiger partial charge in [0, 0.05) is 4.90 Å². The van der Waals surface area contributed by atoms with E-state index in [9.17, 15) is 0 Å². The van der Waals surface area contributed by atoms with Gasteiger partial charge in [-0.25, -0.2) is 4.68 Å². The van der Waals surface area contributed by atoms with Gasteiger partial charge in [0.15, 0.2) is 0 Å². The summed E-state index contributed by atoms with van der Waals surface area (Å²) in [5.41, 5.74) is 8.20. The molecule has 0 spiro atoms. The number of nitrogen functional groups attached to an aromatic ring is 1. The summed E-state index contributed by atoms with van der Waals surface area (Å²) in [6.45, 7) is 2.70. The lowest BCUT2D eigenvalue weighted by Crippen LogP contribution is -2.06. The second kappa shape index (κ2) is 5.30. The van der Waals surface area contributed by atoms with Crippen molar-refractivity contribution in [3.63, 3.8) is 0 Å². The lowest BCUT2D eigenvalue weighted by molar-refractivity contribution is 0.689. The number of aromatic nitrogens is 2. The van der Waals surface area contributed by atoms with E-state index in [-0.39, 0.29) is 0 Å². The van der Waals surface area contributed by atoms with E-state index in [2.05, 4.69) is 58.2 Å². The highest BCUT2D eigenvalue weighted by Gasteiger charge is 2.09. The molecule has 0 aliphatic rings. The van der Waals surface area contributed by atoms with E-state index >= 15 is 0 Å². The lowest BCUT2D eigenvalue weighted by Gasteiger charge is -2.05. The molecule has 0 amide bonds. The van der Waals surface area contributed by atoms with Crippen LogP contribution in [0.4, 0.5) is 5.82 Å². The Balaban J connectivity index is 2.22. The minimum absolute atomic E-state index is 0.727. The maximum Gasteiger partial charge on any atom is 0.135 e. The van der Waals surface area contributed by atoms with Crippen LogP contribution in [-0.4, -0.2) is 16.0 Å². The van der Waals surface area contributed by atoms with Gasteiger partial charge in [0.1, 0.15) is 5.82 Å². The third-order valence-electron chi connectivity index (χ3n) is 2.58. The minimum Gasteiger partial charge on any atom is -0.383 e. The number of thioether (sulfide) groups is 1. The molecule has 0 fully saturated rings. The molecule has 2 N–H and O–H groups in total. The van der Waals surface area contributed by atoms with Crippen molar-refractivity contribution in [2.75, 3.05) is 12.0 Å². The Kier molecular flexibility index (Phi) is 3.98. The molecule has 1 aromatic heterocycles. The Hall–Kier alpha value is -0.690. The number of aryl methyl sites for hydroxylation is 1. The van der Waals surface area contributed by atoms with Crippen molar-refractivity contribution >= 4 is 40.2 Å². The summed E-state index contributed by atoms with van der Waals surface area (Å²) in [4.78, 5) is 1.27. The molecular formula is C12H14IN3S. The van der Waals surface area contributed by atoms with E-state index in [1.807, 2.05) is 11.6 Å². The van der Waals surface area contributed by atoms with Crippen LogP contribution < -0.4 is 5.73 Å². The minimum atomic E-state index is 0.727. The van der Waals surface area contributed by atoms with Gasteiger partial charge in [-0.3, -0.25) is 0 Å². The fourth-order valence-corrected chi connectivity index (χ4v) is 2.40. The molecule has 0 saturated heterocycles. The van der Waals surface area contributed by atoms with Crippen LogP contribution >= 0.6 is 34.4 Å². The summed E-state index contributed by atoms with van der Waals surface area (Å²) in [5, 5.41) is 4.43. The zero-order valence-electron chi connectivity index (χ0n) is 9.77. The Labute approximate surface area is 119 Å². The zero-order valence-corrected chi connectivity index (χ0v) is 12.7. The molecule has 90 valence electrons. The van der Waals surface area contributed by atoms with Crippen molar-refractivity contribution in [1.82, 2.24) is 9.78 Å². The summed E-state index contributed by atoms with van der Waals surface area (Å²) in [6.07, 6.45) is 2.08. The smallest absolute Gasteiger partial charge is 0.135 e. The van der Waals surface area contributed by atoms with Gasteiger partial charge in [-0.15, -0.1) is 11.8 Å². The monoisotopic (exact) mass is 359 g/mol. The first kappa shape index (κ1) is 12.8. The van der Waals surface area contributed by atoms with Crippen LogP contribution in [0.5, 0.6) is 0 Å². The topological polar surface area (TPSA) is 43.8 Å². The molecule has 3 nitrogen and oxygen atoms in total. The number of rotatable bonds is 3. The van der Waals surface area contributed by atoms with Gasteiger partial charge >= 0.3 is 0 Å². The maximum absolute atomic E-state index is 6.00. The summed E-state index contributed by atoms with van der Waals surface area (Å²) >= 11 is 3.98. The van der Waals surface area contributed by atoms with Crippen molar-refractivity contribution in [3.05, 3.63) is 39.1 Å². The molecule has 5 heteroatoms. The SMILES string of the molecule is CSc1ccc(Cn2nc(C)c(I)c2N)cc1. The van der Waals surface area contributed by atoms with Crippen molar-refractivity contribution in [3.8, 4) is 0 Å². The van der Waals surface area contributed by atoms with Crippen LogP contribution in [-0.2, 0) is 6.54 Å². The Morgan fingerprint density at radius 1 is 1.35 bits per heavy atom. The predicted octanol–water partition coefficient (Wildman–Crippen LogP) is 3.15. The molecular weight excluding hydrogens is 345 g/mol. The lowest BCUT2D eigenvalue weighted by atomic mass is 10.2. The van der Waals surface area contributed by atoms with Crippen LogP contribution in [0, 0.1) is 10.5 Å². The number of anilines is 1. The largest absolute Gasteiger partial charge is 0.383 e. The Morgan fingerprint density at radius 3 is 2.47 bits per heavy atom. The average molecular weight is 359 g/mol. The number of hydrogen-bond acceptors (Lipinski definition) is 3. The van der Waals surface area contributed by atoms with E-state index < -0.39 is 0 Å². The van der Waals surface area contributed by atoms with Gasteiger partial charge in [0.2, 0.25) is 0 Å². The second-order valence-corrected chi connectivity index (χ2v) is 5.75. The zero-order chi connectivity index (χ0) is 12.4. The molecule has 0 aliphatic heterocycles. The molecule has 2 aromatic rings. The molecule has 0 aliphatic carbocycles. The molecule has 0 bridgehead atoms.